The Balaban J connectivity index is 2.19. The van der Waals surface area contributed by atoms with Crippen LogP contribution in [0.2, 0.25) is 0 Å². The van der Waals surface area contributed by atoms with Gasteiger partial charge in [0.2, 0.25) is 0 Å². The highest BCUT2D eigenvalue weighted by molar-refractivity contribution is 5.22. The second-order valence-corrected chi connectivity index (χ2v) is 6.23. The number of hydrazine groups is 1. The Kier molecular flexibility index (Phi) is 4.63. The summed E-state index contributed by atoms with van der Waals surface area (Å²) in [5.41, 5.74) is 5.53. The third-order valence-corrected chi connectivity index (χ3v) is 4.90. The van der Waals surface area contributed by atoms with Crippen LogP contribution in [0.4, 0.5) is 0 Å². The minimum atomic E-state index is 0.249. The van der Waals surface area contributed by atoms with E-state index in [2.05, 4.69) is 37.5 Å². The first-order valence-corrected chi connectivity index (χ1v) is 7.55. The van der Waals surface area contributed by atoms with Gasteiger partial charge in [0.15, 0.2) is 0 Å². The topological polar surface area (TPSA) is 55.9 Å². The molecular weight excluding hydrogens is 236 g/mol. The van der Waals surface area contributed by atoms with Crippen molar-refractivity contribution in [1.29, 1.82) is 0 Å². The standard InChI is InChI=1S/C15H28N4/c1-5-14-13(9-19(4)18-14)15(17-16)12-7-6-10(2)11(3)8-12/h9-12,15,17H,5-8,16H2,1-4H3. The second-order valence-electron chi connectivity index (χ2n) is 6.23. The monoisotopic (exact) mass is 264 g/mol. The highest BCUT2D eigenvalue weighted by Gasteiger charge is 2.32. The minimum absolute atomic E-state index is 0.249. The Labute approximate surface area is 116 Å². The number of hydrogen-bond acceptors (Lipinski definition) is 3. The number of nitrogens with one attached hydrogen (secondary N) is 1. The van der Waals surface area contributed by atoms with Gasteiger partial charge in [-0.2, -0.15) is 5.10 Å². The Hall–Kier alpha value is -0.870. The molecule has 4 nitrogen and oxygen atoms in total. The summed E-state index contributed by atoms with van der Waals surface area (Å²) in [4.78, 5) is 0. The highest BCUT2D eigenvalue weighted by Crippen LogP contribution is 2.40. The van der Waals surface area contributed by atoms with Crippen molar-refractivity contribution in [2.24, 2.45) is 30.6 Å². The van der Waals surface area contributed by atoms with Gasteiger partial charge in [-0.3, -0.25) is 16.0 Å². The van der Waals surface area contributed by atoms with Crippen molar-refractivity contribution < 1.29 is 0 Å². The summed E-state index contributed by atoms with van der Waals surface area (Å²) in [6.45, 7) is 6.90. The van der Waals surface area contributed by atoms with Crippen molar-refractivity contribution in [3.63, 3.8) is 0 Å². The summed E-state index contributed by atoms with van der Waals surface area (Å²) in [5, 5.41) is 4.55. The number of rotatable bonds is 4. The molecule has 0 aliphatic heterocycles. The molecule has 0 spiro atoms. The van der Waals surface area contributed by atoms with Gasteiger partial charge in [0, 0.05) is 18.8 Å². The highest BCUT2D eigenvalue weighted by atomic mass is 15.3. The fourth-order valence-electron chi connectivity index (χ4n) is 3.46. The zero-order chi connectivity index (χ0) is 14.0. The van der Waals surface area contributed by atoms with Crippen LogP contribution < -0.4 is 11.3 Å². The van der Waals surface area contributed by atoms with Gasteiger partial charge in [-0.15, -0.1) is 0 Å². The van der Waals surface area contributed by atoms with Crippen molar-refractivity contribution in [2.75, 3.05) is 0 Å². The van der Waals surface area contributed by atoms with Crippen LogP contribution in [0.5, 0.6) is 0 Å². The first-order valence-electron chi connectivity index (χ1n) is 7.55. The van der Waals surface area contributed by atoms with E-state index in [0.717, 1.165) is 18.3 Å². The maximum absolute atomic E-state index is 5.86. The van der Waals surface area contributed by atoms with Gasteiger partial charge in [0.1, 0.15) is 0 Å². The first-order chi connectivity index (χ1) is 9.06. The molecule has 1 aromatic heterocycles. The molecule has 1 aliphatic carbocycles. The largest absolute Gasteiger partial charge is 0.275 e. The Bertz CT molecular complexity index is 412. The first kappa shape index (κ1) is 14.5. The third-order valence-electron chi connectivity index (χ3n) is 4.90. The molecule has 4 atom stereocenters. The number of aryl methyl sites for hydroxylation is 2. The maximum Gasteiger partial charge on any atom is 0.0670 e. The van der Waals surface area contributed by atoms with E-state index in [1.807, 2.05) is 11.7 Å². The summed E-state index contributed by atoms with van der Waals surface area (Å²) >= 11 is 0. The molecule has 1 fully saturated rings. The molecule has 3 N–H and O–H groups in total. The predicted octanol–water partition coefficient (Wildman–Crippen LogP) is 2.56. The van der Waals surface area contributed by atoms with Crippen LogP contribution in [-0.2, 0) is 13.5 Å². The number of hydrogen-bond donors (Lipinski definition) is 2. The maximum atomic E-state index is 5.86. The molecule has 2 rings (SSSR count). The van der Waals surface area contributed by atoms with Crippen molar-refractivity contribution in [2.45, 2.75) is 52.5 Å². The fraction of sp³-hybridized carbons (Fsp3) is 0.800. The van der Waals surface area contributed by atoms with Crippen molar-refractivity contribution in [1.82, 2.24) is 15.2 Å². The molecule has 4 unspecified atom stereocenters. The molecule has 0 aromatic carbocycles. The van der Waals surface area contributed by atoms with Crippen LogP contribution in [0.25, 0.3) is 0 Å². The van der Waals surface area contributed by atoms with Crippen LogP contribution >= 0.6 is 0 Å². The van der Waals surface area contributed by atoms with Gasteiger partial charge < -0.3 is 0 Å². The van der Waals surface area contributed by atoms with Crippen LogP contribution in [0, 0.1) is 17.8 Å². The molecule has 0 amide bonds. The predicted molar refractivity (Wildman–Crippen MR) is 78.3 cm³/mol. The summed E-state index contributed by atoms with van der Waals surface area (Å²) in [6.07, 6.45) is 6.93. The van der Waals surface area contributed by atoms with E-state index in [0.29, 0.717) is 5.92 Å². The zero-order valence-electron chi connectivity index (χ0n) is 12.7. The van der Waals surface area contributed by atoms with E-state index < -0.39 is 0 Å². The van der Waals surface area contributed by atoms with Crippen molar-refractivity contribution in [3.05, 3.63) is 17.5 Å². The molecule has 108 valence electrons. The molecule has 1 heterocycles. The van der Waals surface area contributed by atoms with Gasteiger partial charge in [-0.1, -0.05) is 27.2 Å². The van der Waals surface area contributed by atoms with Crippen molar-refractivity contribution in [3.8, 4) is 0 Å². The van der Waals surface area contributed by atoms with Crippen molar-refractivity contribution >= 4 is 0 Å². The second kappa shape index (κ2) is 6.06. The SMILES string of the molecule is CCc1nn(C)cc1C(NN)C1CCC(C)C(C)C1. The lowest BCUT2D eigenvalue weighted by Gasteiger charge is -2.36. The summed E-state index contributed by atoms with van der Waals surface area (Å²) in [5.74, 6) is 8.12. The molecule has 0 radical (unpaired) electrons. The third kappa shape index (κ3) is 3.00. The molecule has 1 saturated carbocycles. The van der Waals surface area contributed by atoms with Gasteiger partial charge in [0.25, 0.3) is 0 Å². The average molecular weight is 264 g/mol. The van der Waals surface area contributed by atoms with E-state index in [1.54, 1.807) is 0 Å². The Morgan fingerprint density at radius 2 is 2.16 bits per heavy atom. The van der Waals surface area contributed by atoms with E-state index in [4.69, 9.17) is 5.84 Å². The molecule has 19 heavy (non-hydrogen) atoms. The van der Waals surface area contributed by atoms with Crippen LogP contribution in [0.15, 0.2) is 6.20 Å². The van der Waals surface area contributed by atoms with E-state index >= 15 is 0 Å². The molecular formula is C15H28N4. The molecule has 1 aliphatic rings. The smallest absolute Gasteiger partial charge is 0.0670 e. The zero-order valence-corrected chi connectivity index (χ0v) is 12.7. The summed E-state index contributed by atoms with van der Waals surface area (Å²) in [6, 6.07) is 0.249. The number of aromatic nitrogens is 2. The van der Waals surface area contributed by atoms with E-state index in [9.17, 15) is 0 Å². The van der Waals surface area contributed by atoms with Gasteiger partial charge >= 0.3 is 0 Å². The normalized spacial score (nSPS) is 29.4. The minimum Gasteiger partial charge on any atom is -0.275 e. The van der Waals surface area contributed by atoms with Gasteiger partial charge in [-0.05, 0) is 37.0 Å². The van der Waals surface area contributed by atoms with Crippen LogP contribution in [0.1, 0.15) is 57.3 Å². The summed E-state index contributed by atoms with van der Waals surface area (Å²) < 4.78 is 1.91. The molecule has 0 saturated heterocycles. The number of nitrogens with two attached hydrogens (primary N) is 1. The lowest BCUT2D eigenvalue weighted by Crippen LogP contribution is -2.37. The molecule has 1 aromatic rings. The summed E-state index contributed by atoms with van der Waals surface area (Å²) in [7, 11) is 1.99. The van der Waals surface area contributed by atoms with E-state index in [1.165, 1.54) is 30.5 Å². The molecule has 0 bridgehead atoms. The Morgan fingerprint density at radius 1 is 1.42 bits per heavy atom. The lowest BCUT2D eigenvalue weighted by molar-refractivity contribution is 0.171. The number of nitrogens with zero attached hydrogens (tertiary/aromatic N) is 2. The van der Waals surface area contributed by atoms with Gasteiger partial charge in [-0.25, -0.2) is 0 Å². The quantitative estimate of drug-likeness (QED) is 0.649. The van der Waals surface area contributed by atoms with E-state index in [-0.39, 0.29) is 6.04 Å². The van der Waals surface area contributed by atoms with Crippen LogP contribution in [0.3, 0.4) is 0 Å². The fourth-order valence-corrected chi connectivity index (χ4v) is 3.46. The lowest BCUT2D eigenvalue weighted by atomic mass is 9.72. The average Bonchev–Trinajstić information content (AvgIpc) is 2.76. The van der Waals surface area contributed by atoms with Gasteiger partial charge in [0.05, 0.1) is 11.7 Å². The van der Waals surface area contributed by atoms with Crippen LogP contribution in [-0.4, -0.2) is 9.78 Å². The molecule has 4 heteroatoms. The Morgan fingerprint density at radius 3 is 2.74 bits per heavy atom.